The molecule has 6 heteroatoms. The summed E-state index contributed by atoms with van der Waals surface area (Å²) in [5.41, 5.74) is 5.81. The number of hydrogen-bond acceptors (Lipinski definition) is 5. The Hall–Kier alpha value is -0.650. The molecule has 1 heterocycles. The maximum absolute atomic E-state index is 5.81. The molecule has 1 aromatic heterocycles. The molecule has 0 aromatic carbocycles. The van der Waals surface area contributed by atoms with Gasteiger partial charge in [-0.05, 0) is 25.8 Å². The second kappa shape index (κ2) is 6.50. The van der Waals surface area contributed by atoms with Crippen molar-refractivity contribution in [3.05, 3.63) is 11.7 Å². The van der Waals surface area contributed by atoms with E-state index in [1.807, 2.05) is 0 Å². The zero-order valence-electron chi connectivity index (χ0n) is 11.3. The summed E-state index contributed by atoms with van der Waals surface area (Å²) in [5, 5.41) is 3.97. The van der Waals surface area contributed by atoms with Gasteiger partial charge in [0, 0.05) is 18.5 Å². The fraction of sp³-hybridized carbons (Fsp3) is 0.833. The van der Waals surface area contributed by atoms with E-state index in [1.165, 1.54) is 12.8 Å². The van der Waals surface area contributed by atoms with E-state index < -0.39 is 0 Å². The maximum atomic E-state index is 5.81. The van der Waals surface area contributed by atoms with Gasteiger partial charge in [-0.2, -0.15) is 4.98 Å². The van der Waals surface area contributed by atoms with Gasteiger partial charge in [0.25, 0.3) is 0 Å². The smallest absolute Gasteiger partial charge is 0.240 e. The molecule has 1 unspecified atom stereocenters. The standard InChI is InChI=1S/C12H22N4O.ClH/c1-8(2)12-14-11(17-15-12)7-16(3)10(6-13)9-4-5-9;/h8-10H,4-7,13H2,1-3H3;1H. The van der Waals surface area contributed by atoms with Crippen molar-refractivity contribution in [1.82, 2.24) is 15.0 Å². The predicted molar refractivity (Wildman–Crippen MR) is 72.7 cm³/mol. The van der Waals surface area contributed by atoms with E-state index >= 15 is 0 Å². The molecule has 0 amide bonds. The zero-order chi connectivity index (χ0) is 12.4. The lowest BCUT2D eigenvalue weighted by atomic mass is 10.1. The van der Waals surface area contributed by atoms with Crippen molar-refractivity contribution in [2.75, 3.05) is 13.6 Å². The van der Waals surface area contributed by atoms with Crippen molar-refractivity contribution in [2.45, 2.75) is 45.2 Å². The number of likely N-dealkylation sites (N-methyl/N-ethyl adjacent to an activating group) is 1. The molecule has 0 saturated heterocycles. The minimum absolute atomic E-state index is 0. The van der Waals surface area contributed by atoms with E-state index in [0.717, 1.165) is 11.7 Å². The summed E-state index contributed by atoms with van der Waals surface area (Å²) in [5.74, 6) is 2.54. The Morgan fingerprint density at radius 3 is 2.56 bits per heavy atom. The predicted octanol–water partition coefficient (Wildman–Crippen LogP) is 1.78. The van der Waals surface area contributed by atoms with Crippen LogP contribution < -0.4 is 5.73 Å². The highest BCUT2D eigenvalue weighted by Gasteiger charge is 2.33. The molecule has 1 saturated carbocycles. The first kappa shape index (κ1) is 15.4. The third kappa shape index (κ3) is 3.67. The SMILES string of the molecule is CC(C)c1noc(CN(C)C(CN)C2CC2)n1.Cl. The van der Waals surface area contributed by atoms with Crippen LogP contribution in [-0.4, -0.2) is 34.7 Å². The summed E-state index contributed by atoms with van der Waals surface area (Å²) in [6.45, 7) is 5.51. The van der Waals surface area contributed by atoms with Crippen LogP contribution in [0.4, 0.5) is 0 Å². The molecule has 0 radical (unpaired) electrons. The number of nitrogens with zero attached hydrogens (tertiary/aromatic N) is 3. The highest BCUT2D eigenvalue weighted by atomic mass is 35.5. The maximum Gasteiger partial charge on any atom is 0.240 e. The van der Waals surface area contributed by atoms with Gasteiger partial charge >= 0.3 is 0 Å². The Morgan fingerprint density at radius 2 is 2.11 bits per heavy atom. The van der Waals surface area contributed by atoms with E-state index in [2.05, 4.69) is 35.9 Å². The van der Waals surface area contributed by atoms with Crippen LogP contribution in [-0.2, 0) is 6.54 Å². The minimum Gasteiger partial charge on any atom is -0.338 e. The van der Waals surface area contributed by atoms with Gasteiger partial charge in [0.05, 0.1) is 6.54 Å². The Morgan fingerprint density at radius 1 is 1.44 bits per heavy atom. The minimum atomic E-state index is 0. The number of rotatable bonds is 6. The number of nitrogens with two attached hydrogens (primary N) is 1. The van der Waals surface area contributed by atoms with Gasteiger partial charge in [0.2, 0.25) is 5.89 Å². The normalized spacial score (nSPS) is 17.0. The summed E-state index contributed by atoms with van der Waals surface area (Å²) in [6.07, 6.45) is 2.60. The van der Waals surface area contributed by atoms with Crippen molar-refractivity contribution in [3.8, 4) is 0 Å². The monoisotopic (exact) mass is 274 g/mol. The highest BCUT2D eigenvalue weighted by Crippen LogP contribution is 2.34. The van der Waals surface area contributed by atoms with Gasteiger partial charge in [-0.25, -0.2) is 0 Å². The second-order valence-corrected chi connectivity index (χ2v) is 5.26. The fourth-order valence-corrected chi connectivity index (χ4v) is 2.11. The molecular weight excluding hydrogens is 252 g/mol. The van der Waals surface area contributed by atoms with Crippen molar-refractivity contribution >= 4 is 12.4 Å². The second-order valence-electron chi connectivity index (χ2n) is 5.26. The van der Waals surface area contributed by atoms with Gasteiger partial charge in [0.15, 0.2) is 5.82 Å². The molecule has 1 aliphatic carbocycles. The number of halogens is 1. The van der Waals surface area contributed by atoms with Crippen LogP contribution in [0.25, 0.3) is 0 Å². The first-order valence-corrected chi connectivity index (χ1v) is 6.34. The largest absolute Gasteiger partial charge is 0.338 e. The topological polar surface area (TPSA) is 68.2 Å². The molecule has 1 fully saturated rings. The molecule has 2 rings (SSSR count). The third-order valence-electron chi connectivity index (χ3n) is 3.36. The molecule has 18 heavy (non-hydrogen) atoms. The number of hydrogen-bond donors (Lipinski definition) is 1. The molecule has 1 atom stereocenters. The van der Waals surface area contributed by atoms with E-state index in [-0.39, 0.29) is 12.4 Å². The zero-order valence-corrected chi connectivity index (χ0v) is 12.1. The molecule has 104 valence electrons. The average Bonchev–Trinajstić information content (AvgIpc) is 2.98. The van der Waals surface area contributed by atoms with Crippen LogP contribution in [0.1, 0.15) is 44.3 Å². The van der Waals surface area contributed by atoms with Crippen LogP contribution in [0.5, 0.6) is 0 Å². The Kier molecular flexibility index (Phi) is 5.56. The quantitative estimate of drug-likeness (QED) is 0.856. The Balaban J connectivity index is 0.00000162. The lowest BCUT2D eigenvalue weighted by molar-refractivity contribution is 0.189. The van der Waals surface area contributed by atoms with Gasteiger partial charge in [-0.3, -0.25) is 4.90 Å². The summed E-state index contributed by atoms with van der Waals surface area (Å²) in [6, 6.07) is 0.449. The molecule has 5 nitrogen and oxygen atoms in total. The van der Waals surface area contributed by atoms with Gasteiger partial charge in [0.1, 0.15) is 0 Å². The molecular formula is C12H23ClN4O. The first-order valence-electron chi connectivity index (χ1n) is 6.34. The molecule has 1 aliphatic rings. The summed E-state index contributed by atoms with van der Waals surface area (Å²) >= 11 is 0. The molecule has 1 aromatic rings. The van der Waals surface area contributed by atoms with Crippen LogP contribution in [0.2, 0.25) is 0 Å². The first-order chi connectivity index (χ1) is 8.11. The van der Waals surface area contributed by atoms with E-state index in [1.54, 1.807) is 0 Å². The summed E-state index contributed by atoms with van der Waals surface area (Å²) in [7, 11) is 2.08. The van der Waals surface area contributed by atoms with Crippen molar-refractivity contribution in [3.63, 3.8) is 0 Å². The lowest BCUT2D eigenvalue weighted by Gasteiger charge is -2.25. The van der Waals surface area contributed by atoms with Gasteiger partial charge in [-0.15, -0.1) is 12.4 Å². The van der Waals surface area contributed by atoms with E-state index in [4.69, 9.17) is 10.3 Å². The molecule has 2 N–H and O–H groups in total. The highest BCUT2D eigenvalue weighted by molar-refractivity contribution is 5.85. The summed E-state index contributed by atoms with van der Waals surface area (Å²) in [4.78, 5) is 6.62. The number of aromatic nitrogens is 2. The van der Waals surface area contributed by atoms with Gasteiger partial charge < -0.3 is 10.3 Å². The fourth-order valence-electron chi connectivity index (χ4n) is 2.11. The van der Waals surface area contributed by atoms with Crippen LogP contribution in [0.15, 0.2) is 4.52 Å². The molecule has 0 bridgehead atoms. The lowest BCUT2D eigenvalue weighted by Crippen LogP contribution is -2.39. The van der Waals surface area contributed by atoms with Crippen LogP contribution >= 0.6 is 12.4 Å². The van der Waals surface area contributed by atoms with Crippen molar-refractivity contribution in [2.24, 2.45) is 11.7 Å². The molecule has 0 aliphatic heterocycles. The Bertz CT molecular complexity index is 365. The van der Waals surface area contributed by atoms with Crippen molar-refractivity contribution < 1.29 is 4.52 Å². The molecule has 0 spiro atoms. The van der Waals surface area contributed by atoms with Gasteiger partial charge in [-0.1, -0.05) is 19.0 Å². The average molecular weight is 275 g/mol. The van der Waals surface area contributed by atoms with E-state index in [9.17, 15) is 0 Å². The van der Waals surface area contributed by atoms with Crippen molar-refractivity contribution in [1.29, 1.82) is 0 Å². The van der Waals surface area contributed by atoms with Crippen LogP contribution in [0, 0.1) is 5.92 Å². The van der Waals surface area contributed by atoms with E-state index in [0.29, 0.717) is 30.9 Å². The Labute approximate surface area is 115 Å². The van der Waals surface area contributed by atoms with Crippen LogP contribution in [0.3, 0.4) is 0 Å². The third-order valence-corrected chi connectivity index (χ3v) is 3.36. The summed E-state index contributed by atoms with van der Waals surface area (Å²) < 4.78 is 5.25.